The van der Waals surface area contributed by atoms with E-state index in [1.165, 1.54) is 4.57 Å². The van der Waals surface area contributed by atoms with Gasteiger partial charge < -0.3 is 24.6 Å². The van der Waals surface area contributed by atoms with E-state index in [1.807, 2.05) is 23.9 Å². The molecule has 1 saturated heterocycles. The summed E-state index contributed by atoms with van der Waals surface area (Å²) >= 11 is 0. The van der Waals surface area contributed by atoms with E-state index in [1.54, 1.807) is 30.3 Å². The maximum absolute atomic E-state index is 14.1. The van der Waals surface area contributed by atoms with Crippen LogP contribution in [0.1, 0.15) is 37.9 Å². The summed E-state index contributed by atoms with van der Waals surface area (Å²) in [7, 11) is 3.73. The molecule has 12 heteroatoms. The van der Waals surface area contributed by atoms with Gasteiger partial charge in [-0.05, 0) is 51.9 Å². The lowest BCUT2D eigenvalue weighted by molar-refractivity contribution is -0.122. The Balaban J connectivity index is 1.40. The van der Waals surface area contributed by atoms with E-state index in [0.717, 1.165) is 25.7 Å². The highest BCUT2D eigenvalue weighted by Crippen LogP contribution is 2.31. The number of likely N-dealkylation sites (N-methyl/N-ethyl adjacent to an activating group) is 1. The van der Waals surface area contributed by atoms with Gasteiger partial charge >= 0.3 is 0 Å². The van der Waals surface area contributed by atoms with Crippen LogP contribution in [-0.2, 0) is 9.53 Å². The average Bonchev–Trinajstić information content (AvgIpc) is 3.30. The number of amides is 1. The Hall–Kier alpha value is -3.38. The Morgan fingerprint density at radius 1 is 1.13 bits per heavy atom. The Kier molecular flexibility index (Phi) is 7.98. The third-order valence-corrected chi connectivity index (χ3v) is 6.77. The number of ether oxygens (including phenoxy) is 2. The molecule has 1 aliphatic carbocycles. The van der Waals surface area contributed by atoms with Gasteiger partial charge in [0.1, 0.15) is 11.9 Å². The highest BCUT2D eigenvalue weighted by molar-refractivity contribution is 5.78. The third-order valence-electron chi connectivity index (χ3n) is 6.77. The first-order valence-electron chi connectivity index (χ1n) is 13.0. The number of carbonyl (C=O) groups excluding carboxylic acids is 1. The standard InChI is InChI=1S/C26H33F2N7O3/c1-33(2)16-22(36)29-17-7-9-18(10-8-17)38-23-15-21(31-26(32-23)34-11-13-37-14-12-34)35-20-6-4-3-5-19(20)30-25(35)24(27)28/h3-6,15,17-18,24H,7-14,16H2,1-2H3,(H,29,36)/t17-,18-. The number of imidazole rings is 1. The lowest BCUT2D eigenvalue weighted by Crippen LogP contribution is -2.43. The van der Waals surface area contributed by atoms with Crippen molar-refractivity contribution in [1.82, 2.24) is 29.7 Å². The molecule has 0 spiro atoms. The summed E-state index contributed by atoms with van der Waals surface area (Å²) in [5, 5.41) is 3.09. The quantitative estimate of drug-likeness (QED) is 0.476. The van der Waals surface area contributed by atoms with Crippen molar-refractivity contribution in [2.75, 3.05) is 51.8 Å². The molecular weight excluding hydrogens is 496 g/mol. The number of morpholine rings is 1. The molecule has 2 aromatic heterocycles. The van der Waals surface area contributed by atoms with E-state index in [0.29, 0.717) is 55.7 Å². The molecule has 1 N–H and O–H groups in total. The van der Waals surface area contributed by atoms with E-state index in [-0.39, 0.29) is 29.7 Å². The zero-order valence-corrected chi connectivity index (χ0v) is 21.6. The van der Waals surface area contributed by atoms with Crippen molar-refractivity contribution in [1.29, 1.82) is 0 Å². The SMILES string of the molecule is CN(C)CC(=O)N[C@H]1CC[C@H](Oc2cc(-n3c(C(F)F)nc4ccccc43)nc(N3CCOCC3)n2)CC1. The zero-order valence-electron chi connectivity index (χ0n) is 21.6. The molecule has 5 rings (SSSR count). The molecule has 1 aromatic carbocycles. The second-order valence-electron chi connectivity index (χ2n) is 9.96. The monoisotopic (exact) mass is 529 g/mol. The molecule has 0 atom stereocenters. The summed E-state index contributed by atoms with van der Waals surface area (Å²) in [6, 6.07) is 8.72. The van der Waals surface area contributed by atoms with Crippen LogP contribution in [-0.4, -0.2) is 89.4 Å². The molecule has 0 bridgehead atoms. The van der Waals surface area contributed by atoms with E-state index < -0.39 is 6.43 Å². The molecule has 1 aliphatic heterocycles. The number of benzene rings is 1. The number of aromatic nitrogens is 4. The van der Waals surface area contributed by atoms with Gasteiger partial charge in [0.15, 0.2) is 5.82 Å². The first-order chi connectivity index (χ1) is 18.4. The molecule has 10 nitrogen and oxygen atoms in total. The molecular formula is C26H33F2N7O3. The molecule has 3 aromatic rings. The molecule has 2 aliphatic rings. The second kappa shape index (κ2) is 11.6. The van der Waals surface area contributed by atoms with Crippen LogP contribution in [0.3, 0.4) is 0 Å². The smallest absolute Gasteiger partial charge is 0.296 e. The molecule has 0 unspecified atom stereocenters. The number of para-hydroxylation sites is 2. The average molecular weight is 530 g/mol. The van der Waals surface area contributed by atoms with E-state index >= 15 is 0 Å². The van der Waals surface area contributed by atoms with E-state index in [4.69, 9.17) is 9.47 Å². The van der Waals surface area contributed by atoms with Crippen LogP contribution in [0.5, 0.6) is 5.88 Å². The van der Waals surface area contributed by atoms with Crippen LogP contribution in [0.2, 0.25) is 0 Å². The van der Waals surface area contributed by atoms with Crippen molar-refractivity contribution in [2.45, 2.75) is 44.3 Å². The van der Waals surface area contributed by atoms with Gasteiger partial charge in [-0.1, -0.05) is 12.1 Å². The van der Waals surface area contributed by atoms with Crippen LogP contribution in [0.15, 0.2) is 30.3 Å². The van der Waals surface area contributed by atoms with Crippen LogP contribution in [0, 0.1) is 0 Å². The zero-order chi connectivity index (χ0) is 26.6. The number of rotatable bonds is 8. The molecule has 1 saturated carbocycles. The number of halogens is 2. The van der Waals surface area contributed by atoms with Crippen LogP contribution in [0.4, 0.5) is 14.7 Å². The largest absolute Gasteiger partial charge is 0.474 e. The number of anilines is 1. The molecule has 1 amide bonds. The predicted octanol–water partition coefficient (Wildman–Crippen LogP) is 2.96. The second-order valence-corrected chi connectivity index (χ2v) is 9.96. The Morgan fingerprint density at radius 3 is 2.58 bits per heavy atom. The van der Waals surface area contributed by atoms with Gasteiger partial charge in [-0.25, -0.2) is 13.8 Å². The third kappa shape index (κ3) is 6.02. The highest BCUT2D eigenvalue weighted by atomic mass is 19.3. The van der Waals surface area contributed by atoms with Crippen molar-refractivity contribution in [3.8, 4) is 11.7 Å². The number of hydrogen-bond donors (Lipinski definition) is 1. The molecule has 0 radical (unpaired) electrons. The summed E-state index contributed by atoms with van der Waals surface area (Å²) in [5.74, 6) is 0.651. The first kappa shape index (κ1) is 26.2. The summed E-state index contributed by atoms with van der Waals surface area (Å²) < 4.78 is 41.3. The predicted molar refractivity (Wildman–Crippen MR) is 138 cm³/mol. The number of nitrogens with one attached hydrogen (secondary N) is 1. The number of nitrogens with zero attached hydrogens (tertiary/aromatic N) is 6. The Morgan fingerprint density at radius 2 is 1.87 bits per heavy atom. The van der Waals surface area contributed by atoms with Crippen molar-refractivity contribution >= 4 is 22.9 Å². The van der Waals surface area contributed by atoms with Crippen molar-refractivity contribution < 1.29 is 23.0 Å². The van der Waals surface area contributed by atoms with Gasteiger partial charge in [0, 0.05) is 25.2 Å². The summed E-state index contributed by atoms with van der Waals surface area (Å²) in [5.41, 5.74) is 1.00. The van der Waals surface area contributed by atoms with Crippen molar-refractivity contribution in [2.24, 2.45) is 0 Å². The van der Waals surface area contributed by atoms with Crippen LogP contribution >= 0.6 is 0 Å². The Bertz CT molecular complexity index is 1250. The summed E-state index contributed by atoms with van der Waals surface area (Å²) in [4.78, 5) is 29.4. The van der Waals surface area contributed by atoms with Crippen molar-refractivity contribution in [3.05, 3.63) is 36.2 Å². The van der Waals surface area contributed by atoms with Gasteiger partial charge in [0.25, 0.3) is 6.43 Å². The van der Waals surface area contributed by atoms with Crippen molar-refractivity contribution in [3.63, 3.8) is 0 Å². The maximum Gasteiger partial charge on any atom is 0.296 e. The number of alkyl halides is 2. The van der Waals surface area contributed by atoms with E-state index in [9.17, 15) is 13.6 Å². The minimum atomic E-state index is -2.79. The normalized spacial score (nSPS) is 20.3. The number of hydrogen-bond acceptors (Lipinski definition) is 8. The fourth-order valence-electron chi connectivity index (χ4n) is 4.97. The number of carbonyl (C=O) groups is 1. The molecule has 38 heavy (non-hydrogen) atoms. The van der Waals surface area contributed by atoms with Gasteiger partial charge in [-0.15, -0.1) is 0 Å². The fraction of sp³-hybridized carbons (Fsp3) is 0.538. The maximum atomic E-state index is 14.1. The minimum absolute atomic E-state index is 0.0114. The Labute approximate surface area is 219 Å². The topological polar surface area (TPSA) is 97.6 Å². The lowest BCUT2D eigenvalue weighted by atomic mass is 9.93. The van der Waals surface area contributed by atoms with Gasteiger partial charge in [0.2, 0.25) is 17.7 Å². The highest BCUT2D eigenvalue weighted by Gasteiger charge is 2.27. The molecule has 3 heterocycles. The van der Waals surface area contributed by atoms with E-state index in [2.05, 4.69) is 20.3 Å². The van der Waals surface area contributed by atoms with Crippen LogP contribution < -0.4 is 15.0 Å². The number of fused-ring (bicyclic) bond motifs is 1. The molecule has 204 valence electrons. The first-order valence-corrected chi connectivity index (χ1v) is 13.0. The molecule has 2 fully saturated rings. The summed E-state index contributed by atoms with van der Waals surface area (Å²) in [6.07, 6.45) is 0.183. The van der Waals surface area contributed by atoms with Gasteiger partial charge in [0.05, 0.1) is 30.8 Å². The minimum Gasteiger partial charge on any atom is -0.474 e. The summed E-state index contributed by atoms with van der Waals surface area (Å²) in [6.45, 7) is 2.60. The van der Waals surface area contributed by atoms with Crippen LogP contribution in [0.25, 0.3) is 16.9 Å². The lowest BCUT2D eigenvalue weighted by Gasteiger charge is -2.30. The fourth-order valence-corrected chi connectivity index (χ4v) is 4.97. The van der Waals surface area contributed by atoms with Gasteiger partial charge in [-0.3, -0.25) is 9.36 Å². The van der Waals surface area contributed by atoms with Gasteiger partial charge in [-0.2, -0.15) is 9.97 Å².